The molecule has 2 heterocycles. The molecule has 2 aliphatic rings. The minimum Gasteiger partial charge on any atom is -0.381 e. The van der Waals surface area contributed by atoms with Gasteiger partial charge in [0, 0.05) is 25.6 Å². The summed E-state index contributed by atoms with van der Waals surface area (Å²) >= 11 is 0. The summed E-state index contributed by atoms with van der Waals surface area (Å²) in [7, 11) is -3.29. The minimum atomic E-state index is -3.29. The molecular weight excluding hydrogens is 256 g/mol. The van der Waals surface area contributed by atoms with Gasteiger partial charge in [-0.1, -0.05) is 0 Å². The molecule has 6 nitrogen and oxygen atoms in total. The van der Waals surface area contributed by atoms with Crippen molar-refractivity contribution in [3.8, 4) is 0 Å². The van der Waals surface area contributed by atoms with Crippen molar-refractivity contribution in [1.82, 2.24) is 9.62 Å². The van der Waals surface area contributed by atoms with Crippen LogP contribution >= 0.6 is 0 Å². The third-order valence-electron chi connectivity index (χ3n) is 3.52. The van der Waals surface area contributed by atoms with E-state index in [1.54, 1.807) is 0 Å². The molecule has 0 aliphatic carbocycles. The van der Waals surface area contributed by atoms with E-state index in [-0.39, 0.29) is 5.91 Å². The zero-order valence-corrected chi connectivity index (χ0v) is 11.4. The number of sulfonamides is 1. The first-order valence-corrected chi connectivity index (χ1v) is 8.15. The average Bonchev–Trinajstić information content (AvgIpc) is 2.95. The monoisotopic (exact) mass is 276 g/mol. The van der Waals surface area contributed by atoms with Gasteiger partial charge in [-0.15, -0.1) is 0 Å². The van der Waals surface area contributed by atoms with Crippen molar-refractivity contribution < 1.29 is 17.9 Å². The lowest BCUT2D eigenvalue weighted by Crippen LogP contribution is -2.46. The van der Waals surface area contributed by atoms with Gasteiger partial charge in [0.15, 0.2) is 0 Å². The highest BCUT2D eigenvalue weighted by Crippen LogP contribution is 2.20. The highest BCUT2D eigenvalue weighted by molar-refractivity contribution is 7.88. The van der Waals surface area contributed by atoms with E-state index in [9.17, 15) is 13.2 Å². The fraction of sp³-hybridized carbons (Fsp3) is 0.909. The Bertz CT molecular complexity index is 403. The quantitative estimate of drug-likeness (QED) is 0.755. The van der Waals surface area contributed by atoms with E-state index >= 15 is 0 Å². The molecule has 0 bridgehead atoms. The standard InChI is InChI=1S/C11H20N2O4S/c1-18(15,16)13-5-2-3-10(13)11(14)12-7-9-4-6-17-8-9/h9-10H,2-8H2,1H3,(H,12,14)/t9-,10-/m1/s1. The topological polar surface area (TPSA) is 75.7 Å². The molecule has 0 unspecified atom stereocenters. The number of nitrogens with one attached hydrogen (secondary N) is 1. The molecule has 2 rings (SSSR count). The van der Waals surface area contributed by atoms with Crippen molar-refractivity contribution in [2.45, 2.75) is 25.3 Å². The predicted molar refractivity (Wildman–Crippen MR) is 66.5 cm³/mol. The first kappa shape index (κ1) is 13.8. The van der Waals surface area contributed by atoms with E-state index in [1.807, 2.05) is 0 Å². The molecule has 0 aromatic heterocycles. The fourth-order valence-electron chi connectivity index (χ4n) is 2.51. The average molecular weight is 276 g/mol. The minimum absolute atomic E-state index is 0.176. The van der Waals surface area contributed by atoms with E-state index < -0.39 is 16.1 Å². The van der Waals surface area contributed by atoms with Crippen molar-refractivity contribution in [1.29, 1.82) is 0 Å². The Morgan fingerprint density at radius 3 is 2.83 bits per heavy atom. The first-order chi connectivity index (χ1) is 8.48. The second-order valence-electron chi connectivity index (χ2n) is 5.01. The maximum Gasteiger partial charge on any atom is 0.238 e. The summed E-state index contributed by atoms with van der Waals surface area (Å²) in [4.78, 5) is 12.0. The Morgan fingerprint density at radius 2 is 2.22 bits per heavy atom. The van der Waals surface area contributed by atoms with Gasteiger partial charge in [0.25, 0.3) is 0 Å². The van der Waals surface area contributed by atoms with Gasteiger partial charge in [-0.05, 0) is 19.3 Å². The summed E-state index contributed by atoms with van der Waals surface area (Å²) in [5.74, 6) is 0.187. The number of hydrogen-bond acceptors (Lipinski definition) is 4. The van der Waals surface area contributed by atoms with Crippen LogP contribution in [0.5, 0.6) is 0 Å². The molecule has 0 aromatic rings. The lowest BCUT2D eigenvalue weighted by Gasteiger charge is -2.22. The van der Waals surface area contributed by atoms with Crippen LogP contribution in [0, 0.1) is 5.92 Å². The molecule has 1 N–H and O–H groups in total. The third-order valence-corrected chi connectivity index (χ3v) is 4.81. The maximum absolute atomic E-state index is 12.0. The van der Waals surface area contributed by atoms with Crippen LogP contribution in [0.25, 0.3) is 0 Å². The van der Waals surface area contributed by atoms with Gasteiger partial charge < -0.3 is 10.1 Å². The molecule has 0 saturated carbocycles. The molecule has 2 aliphatic heterocycles. The van der Waals surface area contributed by atoms with Crippen LogP contribution in [0.4, 0.5) is 0 Å². The Labute approximate surface area is 108 Å². The molecule has 7 heteroatoms. The lowest BCUT2D eigenvalue weighted by molar-refractivity contribution is -0.124. The van der Waals surface area contributed by atoms with Crippen LogP contribution in [0.15, 0.2) is 0 Å². The predicted octanol–water partition coefficient (Wildman–Crippen LogP) is -0.437. The summed E-state index contributed by atoms with van der Waals surface area (Å²) in [6, 6.07) is -0.526. The number of nitrogens with zero attached hydrogens (tertiary/aromatic N) is 1. The zero-order chi connectivity index (χ0) is 13.2. The molecule has 18 heavy (non-hydrogen) atoms. The first-order valence-electron chi connectivity index (χ1n) is 6.31. The van der Waals surface area contributed by atoms with Crippen LogP contribution in [0.1, 0.15) is 19.3 Å². The summed E-state index contributed by atoms with van der Waals surface area (Å²) in [6.45, 7) is 2.45. The number of carbonyl (C=O) groups excluding carboxylic acids is 1. The van der Waals surface area contributed by atoms with E-state index in [2.05, 4.69) is 5.32 Å². The smallest absolute Gasteiger partial charge is 0.238 e. The number of carbonyl (C=O) groups is 1. The fourth-order valence-corrected chi connectivity index (χ4v) is 3.63. The molecule has 0 aromatic carbocycles. The lowest BCUT2D eigenvalue weighted by atomic mass is 10.1. The number of ether oxygens (including phenoxy) is 1. The second-order valence-corrected chi connectivity index (χ2v) is 6.94. The van der Waals surface area contributed by atoms with E-state index in [0.29, 0.717) is 32.0 Å². The number of amides is 1. The third kappa shape index (κ3) is 3.21. The molecule has 0 spiro atoms. The maximum atomic E-state index is 12.0. The van der Waals surface area contributed by atoms with E-state index in [0.717, 1.165) is 25.7 Å². The summed E-state index contributed by atoms with van der Waals surface area (Å²) in [5, 5.41) is 2.84. The van der Waals surface area contributed by atoms with Crippen molar-refractivity contribution in [2.75, 3.05) is 32.6 Å². The van der Waals surface area contributed by atoms with Gasteiger partial charge in [0.1, 0.15) is 6.04 Å². The molecule has 2 fully saturated rings. The summed E-state index contributed by atoms with van der Waals surface area (Å²) < 4.78 is 29.6. The van der Waals surface area contributed by atoms with Crippen molar-refractivity contribution in [3.63, 3.8) is 0 Å². The summed E-state index contributed by atoms with van der Waals surface area (Å²) in [6.07, 6.45) is 3.47. The van der Waals surface area contributed by atoms with Crippen LogP contribution < -0.4 is 5.32 Å². The SMILES string of the molecule is CS(=O)(=O)N1CCC[C@@H]1C(=O)NC[C@H]1CCOC1. The van der Waals surface area contributed by atoms with Gasteiger partial charge in [-0.2, -0.15) is 4.31 Å². The van der Waals surface area contributed by atoms with Crippen LogP contribution in [-0.2, 0) is 19.6 Å². The zero-order valence-electron chi connectivity index (χ0n) is 10.6. The van der Waals surface area contributed by atoms with Gasteiger partial charge >= 0.3 is 0 Å². The summed E-state index contributed by atoms with van der Waals surface area (Å²) in [5.41, 5.74) is 0. The van der Waals surface area contributed by atoms with Crippen LogP contribution in [-0.4, -0.2) is 57.2 Å². The Kier molecular flexibility index (Phi) is 4.24. The van der Waals surface area contributed by atoms with Gasteiger partial charge in [-0.25, -0.2) is 8.42 Å². The van der Waals surface area contributed by atoms with Gasteiger partial charge in [0.05, 0.1) is 12.9 Å². The van der Waals surface area contributed by atoms with Crippen molar-refractivity contribution in [3.05, 3.63) is 0 Å². The molecule has 104 valence electrons. The molecule has 2 saturated heterocycles. The van der Waals surface area contributed by atoms with Gasteiger partial charge in [-0.3, -0.25) is 4.79 Å². The molecule has 0 radical (unpaired) electrons. The number of rotatable bonds is 4. The van der Waals surface area contributed by atoms with Crippen LogP contribution in [0.2, 0.25) is 0 Å². The highest BCUT2D eigenvalue weighted by Gasteiger charge is 2.36. The number of hydrogen-bond donors (Lipinski definition) is 1. The highest BCUT2D eigenvalue weighted by atomic mass is 32.2. The van der Waals surface area contributed by atoms with Crippen molar-refractivity contribution in [2.24, 2.45) is 5.92 Å². The molecule has 2 atom stereocenters. The van der Waals surface area contributed by atoms with E-state index in [4.69, 9.17) is 4.74 Å². The largest absolute Gasteiger partial charge is 0.381 e. The van der Waals surface area contributed by atoms with Crippen molar-refractivity contribution >= 4 is 15.9 Å². The normalized spacial score (nSPS) is 29.6. The molecular formula is C11H20N2O4S. The van der Waals surface area contributed by atoms with Gasteiger partial charge in [0.2, 0.25) is 15.9 Å². The Balaban J connectivity index is 1.87. The molecule has 1 amide bonds. The Morgan fingerprint density at radius 1 is 1.44 bits per heavy atom. The van der Waals surface area contributed by atoms with E-state index in [1.165, 1.54) is 4.31 Å². The second kappa shape index (κ2) is 5.54. The van der Waals surface area contributed by atoms with Crippen LogP contribution in [0.3, 0.4) is 0 Å². The Hall–Kier alpha value is -0.660.